The number of nitrogens with two attached hydrogens (primary N) is 1. The summed E-state index contributed by atoms with van der Waals surface area (Å²) < 4.78 is 0. The molecule has 0 aromatic carbocycles. The molecule has 2 aromatic rings. The molecule has 0 radical (unpaired) electrons. The third kappa shape index (κ3) is 2.93. The highest BCUT2D eigenvalue weighted by Crippen LogP contribution is 2.19. The molecule has 82 valence electrons. The largest absolute Gasteiger partial charge is 0.384 e. The van der Waals surface area contributed by atoms with Gasteiger partial charge in [-0.25, -0.2) is 9.97 Å². The van der Waals surface area contributed by atoms with Crippen LogP contribution in [0.2, 0.25) is 0 Å². The minimum Gasteiger partial charge on any atom is -0.384 e. The molecular weight excluding hydrogens is 220 g/mol. The second-order valence-electron chi connectivity index (χ2n) is 3.36. The van der Waals surface area contributed by atoms with Crippen molar-refractivity contribution in [1.82, 2.24) is 15.0 Å². The fraction of sp³-hybridized carbons (Fsp3) is 0.182. The van der Waals surface area contributed by atoms with Gasteiger partial charge in [-0.1, -0.05) is 11.8 Å². The Labute approximate surface area is 98.3 Å². The molecule has 2 aromatic heterocycles. The van der Waals surface area contributed by atoms with Crippen LogP contribution >= 0.6 is 11.8 Å². The summed E-state index contributed by atoms with van der Waals surface area (Å²) in [7, 11) is 0. The van der Waals surface area contributed by atoms with Crippen LogP contribution in [-0.4, -0.2) is 15.0 Å². The van der Waals surface area contributed by atoms with E-state index in [9.17, 15) is 0 Å². The first-order valence-corrected chi connectivity index (χ1v) is 5.85. The molecule has 0 saturated heterocycles. The van der Waals surface area contributed by atoms with E-state index in [-0.39, 0.29) is 0 Å². The average molecular weight is 232 g/mol. The van der Waals surface area contributed by atoms with Crippen molar-refractivity contribution in [2.45, 2.75) is 17.8 Å². The Balaban J connectivity index is 2.05. The van der Waals surface area contributed by atoms with Crippen molar-refractivity contribution in [3.63, 3.8) is 0 Å². The SMILES string of the molecule is Cc1cc(N)nc(SCc2ccncc2)n1. The molecule has 0 aliphatic heterocycles. The minimum atomic E-state index is 0.518. The van der Waals surface area contributed by atoms with Crippen molar-refractivity contribution < 1.29 is 0 Å². The number of pyridine rings is 1. The molecular formula is C11H12N4S. The summed E-state index contributed by atoms with van der Waals surface area (Å²) in [5, 5.41) is 0.717. The summed E-state index contributed by atoms with van der Waals surface area (Å²) in [5.41, 5.74) is 7.75. The number of nitrogen functional groups attached to an aromatic ring is 1. The summed E-state index contributed by atoms with van der Waals surface area (Å²) in [4.78, 5) is 12.4. The Bertz CT molecular complexity index is 452. The highest BCUT2D eigenvalue weighted by atomic mass is 32.2. The van der Waals surface area contributed by atoms with Crippen molar-refractivity contribution in [3.05, 3.63) is 41.9 Å². The monoisotopic (exact) mass is 232 g/mol. The van der Waals surface area contributed by atoms with Gasteiger partial charge in [0.25, 0.3) is 0 Å². The van der Waals surface area contributed by atoms with E-state index in [2.05, 4.69) is 15.0 Å². The molecule has 0 amide bonds. The van der Waals surface area contributed by atoms with Crippen molar-refractivity contribution in [3.8, 4) is 0 Å². The number of hydrogen-bond donors (Lipinski definition) is 1. The van der Waals surface area contributed by atoms with Gasteiger partial charge in [-0.15, -0.1) is 0 Å². The van der Waals surface area contributed by atoms with Crippen LogP contribution in [0.3, 0.4) is 0 Å². The lowest BCUT2D eigenvalue weighted by atomic mass is 10.3. The number of rotatable bonds is 3. The van der Waals surface area contributed by atoms with Gasteiger partial charge in [0.1, 0.15) is 5.82 Å². The first-order valence-electron chi connectivity index (χ1n) is 4.87. The summed E-state index contributed by atoms with van der Waals surface area (Å²) in [6.45, 7) is 1.91. The molecule has 2 rings (SSSR count). The Morgan fingerprint density at radius 3 is 2.69 bits per heavy atom. The molecule has 2 N–H and O–H groups in total. The minimum absolute atomic E-state index is 0.518. The van der Waals surface area contributed by atoms with Gasteiger partial charge in [0, 0.05) is 29.9 Å². The van der Waals surface area contributed by atoms with E-state index >= 15 is 0 Å². The molecule has 0 bridgehead atoms. The number of aromatic nitrogens is 3. The Morgan fingerprint density at radius 1 is 1.25 bits per heavy atom. The predicted octanol–water partition coefficient (Wildman–Crippen LogP) is 2.05. The Kier molecular flexibility index (Phi) is 3.36. The van der Waals surface area contributed by atoms with E-state index in [1.54, 1.807) is 30.2 Å². The van der Waals surface area contributed by atoms with E-state index in [1.165, 1.54) is 5.56 Å². The maximum Gasteiger partial charge on any atom is 0.190 e. The van der Waals surface area contributed by atoms with Crippen LogP contribution in [0.1, 0.15) is 11.3 Å². The molecule has 4 nitrogen and oxygen atoms in total. The van der Waals surface area contributed by atoms with Gasteiger partial charge < -0.3 is 5.73 Å². The zero-order valence-corrected chi connectivity index (χ0v) is 9.74. The van der Waals surface area contributed by atoms with Crippen molar-refractivity contribution in [1.29, 1.82) is 0 Å². The zero-order chi connectivity index (χ0) is 11.4. The number of nitrogens with zero attached hydrogens (tertiary/aromatic N) is 3. The number of anilines is 1. The van der Waals surface area contributed by atoms with Gasteiger partial charge in [-0.05, 0) is 24.6 Å². The smallest absolute Gasteiger partial charge is 0.190 e. The van der Waals surface area contributed by atoms with E-state index in [0.29, 0.717) is 11.0 Å². The van der Waals surface area contributed by atoms with Crippen molar-refractivity contribution in [2.75, 3.05) is 5.73 Å². The third-order valence-electron chi connectivity index (χ3n) is 1.97. The summed E-state index contributed by atoms with van der Waals surface area (Å²) in [6, 6.07) is 5.72. The highest BCUT2D eigenvalue weighted by Gasteiger charge is 2.01. The molecule has 0 atom stereocenters. The summed E-state index contributed by atoms with van der Waals surface area (Å²) in [5.74, 6) is 1.34. The second kappa shape index (κ2) is 4.94. The van der Waals surface area contributed by atoms with Crippen LogP contribution < -0.4 is 5.73 Å². The first kappa shape index (κ1) is 10.9. The molecule has 0 aliphatic rings. The maximum atomic E-state index is 5.65. The van der Waals surface area contributed by atoms with Gasteiger partial charge in [0.15, 0.2) is 5.16 Å². The molecule has 0 unspecified atom stereocenters. The van der Waals surface area contributed by atoms with Gasteiger partial charge in [-0.2, -0.15) is 0 Å². The highest BCUT2D eigenvalue weighted by molar-refractivity contribution is 7.98. The third-order valence-corrected chi connectivity index (χ3v) is 2.89. The van der Waals surface area contributed by atoms with Crippen LogP contribution in [-0.2, 0) is 5.75 Å². The number of hydrogen-bond acceptors (Lipinski definition) is 5. The van der Waals surface area contributed by atoms with Crippen LogP contribution in [0.25, 0.3) is 0 Å². The van der Waals surface area contributed by atoms with Crippen LogP contribution in [0.4, 0.5) is 5.82 Å². The number of thioether (sulfide) groups is 1. The van der Waals surface area contributed by atoms with Gasteiger partial charge >= 0.3 is 0 Å². The van der Waals surface area contributed by atoms with Crippen molar-refractivity contribution >= 4 is 17.6 Å². The van der Waals surface area contributed by atoms with E-state index < -0.39 is 0 Å². The molecule has 16 heavy (non-hydrogen) atoms. The lowest BCUT2D eigenvalue weighted by Gasteiger charge is -2.02. The topological polar surface area (TPSA) is 64.7 Å². The average Bonchev–Trinajstić information content (AvgIpc) is 2.27. The maximum absolute atomic E-state index is 5.65. The summed E-state index contributed by atoms with van der Waals surface area (Å²) in [6.07, 6.45) is 3.56. The predicted molar refractivity (Wildman–Crippen MR) is 65.0 cm³/mol. The van der Waals surface area contributed by atoms with Gasteiger partial charge in [0.05, 0.1) is 0 Å². The lowest BCUT2D eigenvalue weighted by molar-refractivity contribution is 0.940. The second-order valence-corrected chi connectivity index (χ2v) is 4.30. The van der Waals surface area contributed by atoms with Crippen LogP contribution in [0.15, 0.2) is 35.7 Å². The fourth-order valence-electron chi connectivity index (χ4n) is 1.26. The Morgan fingerprint density at radius 2 is 2.00 bits per heavy atom. The molecule has 0 saturated carbocycles. The number of aryl methyl sites for hydroxylation is 1. The first-order chi connectivity index (χ1) is 7.74. The normalized spacial score (nSPS) is 10.3. The molecule has 0 spiro atoms. The molecule has 2 heterocycles. The standard InChI is InChI=1S/C11H12N4S/c1-8-6-10(12)15-11(14-8)16-7-9-2-4-13-5-3-9/h2-6H,7H2,1H3,(H2,12,14,15). The van der Waals surface area contributed by atoms with Crippen LogP contribution in [0, 0.1) is 6.92 Å². The van der Waals surface area contributed by atoms with Crippen molar-refractivity contribution in [2.24, 2.45) is 0 Å². The zero-order valence-electron chi connectivity index (χ0n) is 8.92. The van der Waals surface area contributed by atoms with Gasteiger partial charge in [0.2, 0.25) is 0 Å². The van der Waals surface area contributed by atoms with Crippen LogP contribution in [0.5, 0.6) is 0 Å². The van der Waals surface area contributed by atoms with Gasteiger partial charge in [-0.3, -0.25) is 4.98 Å². The van der Waals surface area contributed by atoms with E-state index in [4.69, 9.17) is 5.73 Å². The van der Waals surface area contributed by atoms with E-state index in [0.717, 1.165) is 11.4 Å². The van der Waals surface area contributed by atoms with E-state index in [1.807, 2.05) is 19.1 Å². The molecule has 5 heteroatoms. The molecule has 0 aliphatic carbocycles. The fourth-order valence-corrected chi connectivity index (χ4v) is 2.12. The quantitative estimate of drug-likeness (QED) is 0.648. The lowest BCUT2D eigenvalue weighted by Crippen LogP contribution is -1.96. The molecule has 0 fully saturated rings. The summed E-state index contributed by atoms with van der Waals surface area (Å²) >= 11 is 1.57. The Hall–Kier alpha value is -1.62.